The highest BCUT2D eigenvalue weighted by Gasteiger charge is 2.66. The highest BCUT2D eigenvalue weighted by molar-refractivity contribution is 9.12. The molecular weight excluding hydrogens is 650 g/mol. The number of ether oxygens (including phenoxy) is 1. The Hall–Kier alpha value is -3.12. The lowest BCUT2D eigenvalue weighted by Gasteiger charge is -2.28. The fourth-order valence-electron chi connectivity index (χ4n) is 6.81. The minimum atomic E-state index is -0.751. The summed E-state index contributed by atoms with van der Waals surface area (Å²) in [6.07, 6.45) is 0.769. The smallest absolute Gasteiger partial charge is 0.316 e. The second kappa shape index (κ2) is 9.76. The van der Waals surface area contributed by atoms with Crippen molar-refractivity contribution in [3.8, 4) is 5.75 Å². The minimum Gasteiger partial charge on any atom is -0.426 e. The van der Waals surface area contributed by atoms with E-state index >= 15 is 0 Å². The van der Waals surface area contributed by atoms with E-state index in [4.69, 9.17) is 4.74 Å². The van der Waals surface area contributed by atoms with Crippen LogP contribution in [0.15, 0.2) is 36.4 Å². The van der Waals surface area contributed by atoms with Crippen molar-refractivity contribution in [1.29, 1.82) is 0 Å². The van der Waals surface area contributed by atoms with Gasteiger partial charge < -0.3 is 9.64 Å². The number of esters is 1. The molecule has 0 N–H and O–H groups in total. The fourth-order valence-corrected chi connectivity index (χ4v) is 8.68. The number of anilines is 2. The summed E-state index contributed by atoms with van der Waals surface area (Å²) in [5, 5.41) is 11.3. The molecule has 6 rings (SSSR count). The van der Waals surface area contributed by atoms with Crippen LogP contribution in [0.4, 0.5) is 17.1 Å². The summed E-state index contributed by atoms with van der Waals surface area (Å²) < 4.78 is 5.58. The molecule has 0 radical (unpaired) electrons. The zero-order chi connectivity index (χ0) is 28.6. The van der Waals surface area contributed by atoms with Gasteiger partial charge in [0, 0.05) is 34.2 Å². The third kappa shape index (κ3) is 4.09. The number of fused-ring (bicyclic) bond motifs is 5. The zero-order valence-corrected chi connectivity index (χ0v) is 24.8. The number of benzene rings is 2. The van der Waals surface area contributed by atoms with Gasteiger partial charge in [0.1, 0.15) is 5.75 Å². The maximum atomic E-state index is 13.4. The number of nitrogens with zero attached hydrogens (tertiary/aromatic N) is 3. The lowest BCUT2D eigenvalue weighted by atomic mass is 9.81. The first-order valence-corrected chi connectivity index (χ1v) is 14.8. The van der Waals surface area contributed by atoms with Gasteiger partial charge in [0.2, 0.25) is 17.7 Å². The Morgan fingerprint density at radius 3 is 2.23 bits per heavy atom. The standard InChI is InChI=1S/C28H25Br2N3O7/c1-12-3-4-15(9-20(12)33(38)39)31-11-14(8-21(31)34)28(37)40-16-5-6-19(13(2)7-16)32-26(35)22-17-10-18(23(22)27(32)36)25(30)24(17)29/h3-7,9,14,17-18,22-25H,8,10-11H2,1-2H3/t14-,17-,18-,22-,23-,24-,25+/m1/s1. The fraction of sp³-hybridized carbons (Fsp3) is 0.429. The lowest BCUT2D eigenvalue weighted by Crippen LogP contribution is -2.37. The first-order chi connectivity index (χ1) is 19.0. The Bertz CT molecular complexity index is 1460. The van der Waals surface area contributed by atoms with Gasteiger partial charge in [0.15, 0.2) is 0 Å². The molecule has 0 unspecified atom stereocenters. The molecule has 2 heterocycles. The van der Waals surface area contributed by atoms with Crippen molar-refractivity contribution < 1.29 is 28.8 Å². The number of alkyl halides is 2. The predicted octanol–water partition coefficient (Wildman–Crippen LogP) is 4.45. The quantitative estimate of drug-likeness (QED) is 0.115. The second-order valence-electron chi connectivity index (χ2n) is 11.0. The molecule has 2 aromatic rings. The van der Waals surface area contributed by atoms with Gasteiger partial charge >= 0.3 is 5.97 Å². The van der Waals surface area contributed by atoms with Crippen LogP contribution in [0, 0.1) is 53.6 Å². The number of carbonyl (C=O) groups excluding carboxylic acids is 4. The summed E-state index contributed by atoms with van der Waals surface area (Å²) in [6, 6.07) is 9.29. The van der Waals surface area contributed by atoms with Crippen molar-refractivity contribution in [3.63, 3.8) is 0 Å². The van der Waals surface area contributed by atoms with Gasteiger partial charge in [-0.15, -0.1) is 0 Å². The van der Waals surface area contributed by atoms with Gasteiger partial charge in [-0.2, -0.15) is 0 Å². The summed E-state index contributed by atoms with van der Waals surface area (Å²) in [4.78, 5) is 66.2. The molecule has 12 heteroatoms. The minimum absolute atomic E-state index is 0.0416. The first kappa shape index (κ1) is 27.1. The number of aryl methyl sites for hydroxylation is 2. The molecule has 2 aliphatic heterocycles. The van der Waals surface area contributed by atoms with Crippen molar-refractivity contribution in [2.45, 2.75) is 36.3 Å². The van der Waals surface area contributed by atoms with Crippen LogP contribution in [0.25, 0.3) is 0 Å². The van der Waals surface area contributed by atoms with Gasteiger partial charge in [0.05, 0.1) is 34.1 Å². The van der Waals surface area contributed by atoms with E-state index in [0.29, 0.717) is 22.5 Å². The summed E-state index contributed by atoms with van der Waals surface area (Å²) in [6.45, 7) is 3.41. The normalized spacial score (nSPS) is 30.8. The van der Waals surface area contributed by atoms with Crippen molar-refractivity contribution in [1.82, 2.24) is 0 Å². The number of amides is 3. The van der Waals surface area contributed by atoms with Crippen LogP contribution in [0.3, 0.4) is 0 Å². The number of hydrogen-bond acceptors (Lipinski definition) is 7. The van der Waals surface area contributed by atoms with E-state index < -0.39 is 16.8 Å². The van der Waals surface area contributed by atoms with E-state index in [0.717, 1.165) is 6.42 Å². The van der Waals surface area contributed by atoms with Crippen molar-refractivity contribution in [2.75, 3.05) is 16.3 Å². The maximum Gasteiger partial charge on any atom is 0.316 e. The van der Waals surface area contributed by atoms with E-state index in [9.17, 15) is 29.3 Å². The number of halogens is 2. The highest BCUT2D eigenvalue weighted by atomic mass is 79.9. The van der Waals surface area contributed by atoms with Crippen LogP contribution in [0.5, 0.6) is 5.75 Å². The Morgan fingerprint density at radius 1 is 0.975 bits per heavy atom. The summed E-state index contributed by atoms with van der Waals surface area (Å²) in [5.41, 5.74) is 1.82. The van der Waals surface area contributed by atoms with Gasteiger partial charge in [-0.25, -0.2) is 4.90 Å². The van der Waals surface area contributed by atoms with Gasteiger partial charge in [-0.3, -0.25) is 29.3 Å². The third-order valence-electron chi connectivity index (χ3n) is 8.77. The highest BCUT2D eigenvalue weighted by Crippen LogP contribution is 2.60. The average Bonchev–Trinajstić information content (AvgIpc) is 3.63. The van der Waals surface area contributed by atoms with Crippen molar-refractivity contribution in [2.24, 2.45) is 29.6 Å². The summed E-state index contributed by atoms with van der Waals surface area (Å²) in [5.74, 6) is -2.23. The van der Waals surface area contributed by atoms with Crippen molar-refractivity contribution in [3.05, 3.63) is 57.6 Å². The number of nitro benzene ring substituents is 1. The number of nitro groups is 1. The molecule has 4 fully saturated rings. The number of hydrogen-bond donors (Lipinski definition) is 0. The maximum absolute atomic E-state index is 13.4. The Labute approximate surface area is 246 Å². The number of imide groups is 1. The third-order valence-corrected chi connectivity index (χ3v) is 12.0. The average molecular weight is 675 g/mol. The SMILES string of the molecule is Cc1cc(OC(=O)[C@@H]2CC(=O)N(c3ccc(C)c([N+](=O)[O-])c3)C2)ccc1N1C(=O)[C@@H]2[C@H]3C[C@@H]([C@@H](Br)[C@H]3Br)[C@H]2C1=O. The Balaban J connectivity index is 1.16. The van der Waals surface area contributed by atoms with Crippen LogP contribution < -0.4 is 14.5 Å². The molecule has 0 aromatic heterocycles. The Kier molecular flexibility index (Phi) is 6.60. The molecule has 208 valence electrons. The molecule has 4 aliphatic rings. The van der Waals surface area contributed by atoms with E-state index in [1.807, 2.05) is 0 Å². The molecule has 2 aliphatic carbocycles. The lowest BCUT2D eigenvalue weighted by molar-refractivity contribution is -0.385. The molecular formula is C28H25Br2N3O7. The topological polar surface area (TPSA) is 127 Å². The monoisotopic (exact) mass is 673 g/mol. The first-order valence-electron chi connectivity index (χ1n) is 13.0. The van der Waals surface area contributed by atoms with Crippen LogP contribution >= 0.6 is 31.9 Å². The molecule has 2 bridgehead atoms. The Morgan fingerprint density at radius 2 is 1.62 bits per heavy atom. The molecule has 7 atom stereocenters. The van der Waals surface area contributed by atoms with Crippen molar-refractivity contribution >= 4 is 72.6 Å². The number of carbonyl (C=O) groups is 4. The largest absolute Gasteiger partial charge is 0.426 e. The molecule has 2 saturated carbocycles. The van der Waals surface area contributed by atoms with Crippen LogP contribution in [-0.2, 0) is 19.2 Å². The summed E-state index contributed by atoms with van der Waals surface area (Å²) in [7, 11) is 0. The van der Waals surface area contributed by atoms with Crippen LogP contribution in [0.2, 0.25) is 0 Å². The van der Waals surface area contributed by atoms with E-state index in [1.165, 1.54) is 15.9 Å². The zero-order valence-electron chi connectivity index (χ0n) is 21.6. The number of rotatable bonds is 5. The molecule has 40 heavy (non-hydrogen) atoms. The molecule has 10 nitrogen and oxygen atoms in total. The van der Waals surface area contributed by atoms with E-state index in [2.05, 4.69) is 31.9 Å². The van der Waals surface area contributed by atoms with Crippen LogP contribution in [-0.4, -0.2) is 44.8 Å². The van der Waals surface area contributed by atoms with E-state index in [1.54, 1.807) is 44.2 Å². The van der Waals surface area contributed by atoms with Gasteiger partial charge in [-0.1, -0.05) is 37.9 Å². The molecule has 2 saturated heterocycles. The van der Waals surface area contributed by atoms with Crippen LogP contribution in [0.1, 0.15) is 24.0 Å². The molecule has 3 amide bonds. The second-order valence-corrected chi connectivity index (χ2v) is 13.1. The molecule has 0 spiro atoms. The van der Waals surface area contributed by atoms with Gasteiger partial charge in [-0.05, 0) is 61.9 Å². The predicted molar refractivity (Wildman–Crippen MR) is 152 cm³/mol. The molecule has 2 aromatic carbocycles. The van der Waals surface area contributed by atoms with E-state index in [-0.39, 0.29) is 75.4 Å². The summed E-state index contributed by atoms with van der Waals surface area (Å²) >= 11 is 7.40. The van der Waals surface area contributed by atoms with Gasteiger partial charge in [0.25, 0.3) is 5.69 Å².